The molecule has 0 radical (unpaired) electrons. The average Bonchev–Trinajstić information content (AvgIpc) is 2.72. The molecule has 1 saturated heterocycles. The van der Waals surface area contributed by atoms with Crippen molar-refractivity contribution in [2.75, 3.05) is 20.1 Å². The minimum absolute atomic E-state index is 0.0462. The predicted molar refractivity (Wildman–Crippen MR) is 85.2 cm³/mol. The summed E-state index contributed by atoms with van der Waals surface area (Å²) in [6.07, 6.45) is 6.02. The number of amides is 2. The summed E-state index contributed by atoms with van der Waals surface area (Å²) in [6, 6.07) is 0.695. The molecule has 4 heteroatoms. The van der Waals surface area contributed by atoms with Crippen molar-refractivity contribution in [3.63, 3.8) is 0 Å². The van der Waals surface area contributed by atoms with Crippen LogP contribution < -0.4 is 10.6 Å². The number of nitrogens with one attached hydrogen (secondary N) is 2. The fraction of sp³-hybridized carbons (Fsp3) is 0.941. The monoisotopic (exact) mass is 293 g/mol. The molecule has 1 aliphatic heterocycles. The first-order chi connectivity index (χ1) is 9.83. The standard InChI is InChI=1S/C17H31N3O/c1-16(2)12-7-8-17(16,3)14(10-12)19-15(21)18-13-6-5-9-20(4)11-13/h12-14H,5-11H2,1-4H3,(H2,18,19,21). The average molecular weight is 293 g/mol. The van der Waals surface area contributed by atoms with Crippen molar-refractivity contribution in [3.8, 4) is 0 Å². The lowest BCUT2D eigenvalue weighted by Gasteiger charge is -2.39. The summed E-state index contributed by atoms with van der Waals surface area (Å²) in [6.45, 7) is 9.28. The molecule has 0 aromatic carbocycles. The molecular weight excluding hydrogens is 262 g/mol. The van der Waals surface area contributed by atoms with Gasteiger partial charge in [-0.25, -0.2) is 4.79 Å². The number of piperidine rings is 1. The molecule has 3 fully saturated rings. The second-order valence-electron chi connectivity index (χ2n) is 8.38. The normalized spacial score (nSPS) is 42.0. The summed E-state index contributed by atoms with van der Waals surface area (Å²) in [5.74, 6) is 0.772. The highest BCUT2D eigenvalue weighted by molar-refractivity contribution is 5.74. The Balaban J connectivity index is 1.56. The van der Waals surface area contributed by atoms with Gasteiger partial charge in [-0.1, -0.05) is 20.8 Å². The molecule has 4 nitrogen and oxygen atoms in total. The quantitative estimate of drug-likeness (QED) is 0.822. The predicted octanol–water partition coefficient (Wildman–Crippen LogP) is 2.59. The molecule has 0 aromatic rings. The molecule has 2 aliphatic carbocycles. The summed E-state index contributed by atoms with van der Waals surface area (Å²) >= 11 is 0. The number of carbonyl (C=O) groups excluding carboxylic acids is 1. The molecule has 0 aromatic heterocycles. The lowest BCUT2D eigenvalue weighted by atomic mass is 9.69. The Morgan fingerprint density at radius 3 is 2.52 bits per heavy atom. The summed E-state index contributed by atoms with van der Waals surface area (Å²) in [5, 5.41) is 6.49. The van der Waals surface area contributed by atoms with E-state index in [9.17, 15) is 4.79 Å². The van der Waals surface area contributed by atoms with Crippen molar-refractivity contribution >= 4 is 6.03 Å². The van der Waals surface area contributed by atoms with Crippen molar-refractivity contribution in [2.45, 2.75) is 65.0 Å². The Morgan fingerprint density at radius 2 is 1.95 bits per heavy atom. The molecule has 3 rings (SSSR count). The van der Waals surface area contributed by atoms with Crippen LogP contribution >= 0.6 is 0 Å². The lowest BCUT2D eigenvalue weighted by Crippen LogP contribution is -2.54. The second kappa shape index (κ2) is 5.15. The smallest absolute Gasteiger partial charge is 0.315 e. The molecule has 0 spiro atoms. The van der Waals surface area contributed by atoms with Gasteiger partial charge in [0.15, 0.2) is 0 Å². The topological polar surface area (TPSA) is 44.4 Å². The van der Waals surface area contributed by atoms with E-state index in [1.807, 2.05) is 0 Å². The Hall–Kier alpha value is -0.770. The van der Waals surface area contributed by atoms with Crippen molar-refractivity contribution in [1.29, 1.82) is 0 Å². The third kappa shape index (κ3) is 2.45. The number of rotatable bonds is 2. The maximum atomic E-state index is 12.4. The summed E-state index contributed by atoms with van der Waals surface area (Å²) in [4.78, 5) is 14.7. The van der Waals surface area contributed by atoms with Crippen LogP contribution in [0.5, 0.6) is 0 Å². The number of likely N-dealkylation sites (tertiary alicyclic amines) is 1. The molecule has 21 heavy (non-hydrogen) atoms. The molecule has 2 amide bonds. The van der Waals surface area contributed by atoms with Gasteiger partial charge < -0.3 is 15.5 Å². The molecule has 4 unspecified atom stereocenters. The minimum atomic E-state index is 0.0462. The summed E-state index contributed by atoms with van der Waals surface area (Å²) in [7, 11) is 2.13. The maximum absolute atomic E-state index is 12.4. The number of fused-ring (bicyclic) bond motifs is 2. The summed E-state index contributed by atoms with van der Waals surface area (Å²) < 4.78 is 0. The van der Waals surface area contributed by atoms with E-state index in [2.05, 4.69) is 43.4 Å². The SMILES string of the molecule is CN1CCCC(NC(=O)NC2CC3CCC2(C)C3(C)C)C1. The van der Waals surface area contributed by atoms with Crippen LogP contribution in [0.3, 0.4) is 0 Å². The minimum Gasteiger partial charge on any atom is -0.335 e. The first kappa shape index (κ1) is 15.1. The molecule has 120 valence electrons. The molecule has 2 saturated carbocycles. The molecule has 2 bridgehead atoms. The highest BCUT2D eigenvalue weighted by atomic mass is 16.2. The van der Waals surface area contributed by atoms with Gasteiger partial charge in [0, 0.05) is 18.6 Å². The molecular formula is C17H31N3O. The number of likely N-dealkylation sites (N-methyl/N-ethyl adjacent to an activating group) is 1. The molecule has 4 atom stereocenters. The van der Waals surface area contributed by atoms with Gasteiger partial charge in [-0.2, -0.15) is 0 Å². The number of carbonyl (C=O) groups is 1. The Bertz CT molecular complexity index is 422. The van der Waals surface area contributed by atoms with E-state index < -0.39 is 0 Å². The van der Waals surface area contributed by atoms with Crippen LogP contribution in [-0.4, -0.2) is 43.2 Å². The van der Waals surface area contributed by atoms with E-state index in [4.69, 9.17) is 0 Å². The highest BCUT2D eigenvalue weighted by Gasteiger charge is 2.61. The number of hydrogen-bond donors (Lipinski definition) is 2. The fourth-order valence-electron chi connectivity index (χ4n) is 5.09. The Kier molecular flexibility index (Phi) is 3.71. The van der Waals surface area contributed by atoms with Gasteiger partial charge in [0.05, 0.1) is 0 Å². The van der Waals surface area contributed by atoms with E-state index in [0.717, 1.165) is 31.8 Å². The Morgan fingerprint density at radius 1 is 1.19 bits per heavy atom. The van der Waals surface area contributed by atoms with Crippen LogP contribution in [0.4, 0.5) is 4.79 Å². The van der Waals surface area contributed by atoms with Crippen LogP contribution in [0.2, 0.25) is 0 Å². The van der Waals surface area contributed by atoms with Gasteiger partial charge >= 0.3 is 6.03 Å². The highest BCUT2D eigenvalue weighted by Crippen LogP contribution is 2.65. The van der Waals surface area contributed by atoms with Crippen molar-refractivity contribution in [3.05, 3.63) is 0 Å². The molecule has 2 N–H and O–H groups in total. The van der Waals surface area contributed by atoms with Crippen LogP contribution in [0, 0.1) is 16.7 Å². The van der Waals surface area contributed by atoms with Gasteiger partial charge in [-0.15, -0.1) is 0 Å². The van der Waals surface area contributed by atoms with Crippen molar-refractivity contribution in [2.24, 2.45) is 16.7 Å². The van der Waals surface area contributed by atoms with Gasteiger partial charge in [0.25, 0.3) is 0 Å². The summed E-state index contributed by atoms with van der Waals surface area (Å²) in [5.41, 5.74) is 0.619. The lowest BCUT2D eigenvalue weighted by molar-refractivity contribution is 0.122. The largest absolute Gasteiger partial charge is 0.335 e. The third-order valence-corrected chi connectivity index (χ3v) is 7.06. The second-order valence-corrected chi connectivity index (χ2v) is 8.38. The van der Waals surface area contributed by atoms with E-state index in [1.54, 1.807) is 0 Å². The number of nitrogens with zero attached hydrogens (tertiary/aromatic N) is 1. The van der Waals surface area contributed by atoms with E-state index in [-0.39, 0.29) is 11.4 Å². The number of hydrogen-bond acceptors (Lipinski definition) is 2. The van der Waals surface area contributed by atoms with Crippen LogP contribution in [0.15, 0.2) is 0 Å². The zero-order chi connectivity index (χ0) is 15.3. The molecule has 1 heterocycles. The van der Waals surface area contributed by atoms with Crippen LogP contribution in [0.1, 0.15) is 52.9 Å². The zero-order valence-corrected chi connectivity index (χ0v) is 14.0. The first-order valence-electron chi connectivity index (χ1n) is 8.58. The first-order valence-corrected chi connectivity index (χ1v) is 8.58. The van der Waals surface area contributed by atoms with Crippen LogP contribution in [0.25, 0.3) is 0 Å². The Labute approximate surface area is 129 Å². The van der Waals surface area contributed by atoms with Gasteiger partial charge in [-0.3, -0.25) is 0 Å². The van der Waals surface area contributed by atoms with E-state index in [0.29, 0.717) is 17.5 Å². The van der Waals surface area contributed by atoms with Crippen LogP contribution in [-0.2, 0) is 0 Å². The fourth-order valence-corrected chi connectivity index (χ4v) is 5.09. The van der Waals surface area contributed by atoms with Crippen molar-refractivity contribution in [1.82, 2.24) is 15.5 Å². The van der Waals surface area contributed by atoms with Crippen molar-refractivity contribution < 1.29 is 4.79 Å². The third-order valence-electron chi connectivity index (χ3n) is 7.06. The van der Waals surface area contributed by atoms with E-state index in [1.165, 1.54) is 19.3 Å². The van der Waals surface area contributed by atoms with Gasteiger partial charge in [0.2, 0.25) is 0 Å². The van der Waals surface area contributed by atoms with E-state index >= 15 is 0 Å². The zero-order valence-electron chi connectivity index (χ0n) is 14.0. The van der Waals surface area contributed by atoms with Gasteiger partial charge in [-0.05, 0) is 62.4 Å². The number of urea groups is 1. The van der Waals surface area contributed by atoms with Gasteiger partial charge in [0.1, 0.15) is 0 Å². The maximum Gasteiger partial charge on any atom is 0.315 e. The molecule has 3 aliphatic rings.